The third-order valence-electron chi connectivity index (χ3n) is 4.37. The lowest BCUT2D eigenvalue weighted by Gasteiger charge is -2.04. The van der Waals surface area contributed by atoms with Crippen molar-refractivity contribution in [3.63, 3.8) is 0 Å². The number of carbonyl (C=O) groups is 1. The van der Waals surface area contributed by atoms with Gasteiger partial charge in [-0.2, -0.15) is 5.10 Å². The van der Waals surface area contributed by atoms with Gasteiger partial charge in [0.25, 0.3) is 0 Å². The second-order valence-corrected chi connectivity index (χ2v) is 7.37. The second-order valence-electron chi connectivity index (χ2n) is 6.88. The molecule has 1 aliphatic carbocycles. The molecule has 1 aromatic rings. The van der Waals surface area contributed by atoms with Gasteiger partial charge in [0.1, 0.15) is 6.61 Å². The van der Waals surface area contributed by atoms with Crippen LogP contribution in [0.3, 0.4) is 0 Å². The van der Waals surface area contributed by atoms with E-state index in [1.165, 1.54) is 0 Å². The van der Waals surface area contributed by atoms with Crippen molar-refractivity contribution in [2.24, 2.45) is 22.4 Å². The van der Waals surface area contributed by atoms with Crippen molar-refractivity contribution < 1.29 is 9.53 Å². The average Bonchev–Trinajstić information content (AvgIpc) is 3.07. The van der Waals surface area contributed by atoms with Crippen LogP contribution in [0, 0.1) is 17.3 Å². The normalized spacial score (nSPS) is 22.5. The Kier molecular flexibility index (Phi) is 6.05. The van der Waals surface area contributed by atoms with Crippen LogP contribution in [-0.2, 0) is 16.0 Å². The van der Waals surface area contributed by atoms with E-state index in [0.29, 0.717) is 11.5 Å². The third-order valence-corrected chi connectivity index (χ3v) is 4.66. The van der Waals surface area contributed by atoms with Crippen LogP contribution in [0.1, 0.15) is 19.4 Å². The highest BCUT2D eigenvalue weighted by Gasteiger charge is 2.62. The molecule has 5 heteroatoms. The van der Waals surface area contributed by atoms with Gasteiger partial charge in [-0.3, -0.25) is 4.79 Å². The third kappa shape index (κ3) is 4.84. The number of rotatable bonds is 7. The van der Waals surface area contributed by atoms with E-state index in [9.17, 15) is 4.79 Å². The van der Waals surface area contributed by atoms with Crippen molar-refractivity contribution in [3.8, 4) is 0 Å². The Morgan fingerprint density at radius 2 is 2.00 bits per heavy atom. The Balaban J connectivity index is 1.82. The first-order valence-electron chi connectivity index (χ1n) is 8.09. The van der Waals surface area contributed by atoms with Crippen LogP contribution in [0.5, 0.6) is 0 Å². The van der Waals surface area contributed by atoms with E-state index in [-0.39, 0.29) is 29.8 Å². The molecule has 4 nitrogen and oxygen atoms in total. The van der Waals surface area contributed by atoms with E-state index in [0.717, 1.165) is 5.56 Å². The number of halogens is 1. The number of hydrazone groups is 1. The number of benzene rings is 1. The Morgan fingerprint density at radius 3 is 2.62 bits per heavy atom. The highest BCUT2D eigenvalue weighted by Crippen LogP contribution is 2.57. The SMILES string of the molecule is CN(C)/N=C/C1C(C(=O)OC/C=C(\Cl)Cc2ccccc2)C1(C)C. The molecule has 0 radical (unpaired) electrons. The molecule has 2 unspecified atom stereocenters. The topological polar surface area (TPSA) is 41.9 Å². The molecule has 1 saturated carbocycles. The van der Waals surface area contributed by atoms with Gasteiger partial charge in [0.05, 0.1) is 5.92 Å². The maximum atomic E-state index is 12.2. The molecule has 24 heavy (non-hydrogen) atoms. The lowest BCUT2D eigenvalue weighted by Crippen LogP contribution is -2.11. The minimum absolute atomic E-state index is 0.103. The number of ether oxygens (including phenoxy) is 1. The number of hydrogen-bond donors (Lipinski definition) is 0. The summed E-state index contributed by atoms with van der Waals surface area (Å²) in [6, 6.07) is 9.96. The molecule has 0 bridgehead atoms. The molecule has 130 valence electrons. The molecular formula is C19H25ClN2O2. The van der Waals surface area contributed by atoms with Crippen molar-refractivity contribution in [1.82, 2.24) is 5.01 Å². The van der Waals surface area contributed by atoms with E-state index in [1.807, 2.05) is 50.6 Å². The lowest BCUT2D eigenvalue weighted by molar-refractivity contribution is -0.144. The Bertz CT molecular complexity index is 624. The van der Waals surface area contributed by atoms with E-state index in [4.69, 9.17) is 16.3 Å². The molecule has 1 fully saturated rings. The summed E-state index contributed by atoms with van der Waals surface area (Å²) in [6.45, 7) is 4.32. The fourth-order valence-electron chi connectivity index (χ4n) is 2.78. The summed E-state index contributed by atoms with van der Waals surface area (Å²) in [7, 11) is 3.72. The maximum Gasteiger partial charge on any atom is 0.310 e. The summed E-state index contributed by atoms with van der Waals surface area (Å²) < 4.78 is 5.37. The molecule has 0 amide bonds. The van der Waals surface area contributed by atoms with E-state index in [2.05, 4.69) is 18.9 Å². The molecule has 1 aromatic carbocycles. The van der Waals surface area contributed by atoms with E-state index >= 15 is 0 Å². The van der Waals surface area contributed by atoms with Gasteiger partial charge in [0.2, 0.25) is 0 Å². The van der Waals surface area contributed by atoms with Crippen LogP contribution < -0.4 is 0 Å². The van der Waals surface area contributed by atoms with Crippen LogP contribution >= 0.6 is 11.6 Å². The standard InChI is InChI=1S/C19H25ClN2O2/c1-19(2)16(13-21-22(3)4)17(19)18(23)24-11-10-15(20)12-14-8-6-5-7-9-14/h5-10,13,16-17H,11-12H2,1-4H3/b15-10-,21-13+. The van der Waals surface area contributed by atoms with Gasteiger partial charge in [-0.1, -0.05) is 55.8 Å². The van der Waals surface area contributed by atoms with Crippen molar-refractivity contribution in [2.45, 2.75) is 20.3 Å². The van der Waals surface area contributed by atoms with Crippen LogP contribution in [0.15, 0.2) is 46.5 Å². The molecule has 2 atom stereocenters. The molecular weight excluding hydrogens is 324 g/mol. The highest BCUT2D eigenvalue weighted by atomic mass is 35.5. The smallest absolute Gasteiger partial charge is 0.310 e. The first-order valence-corrected chi connectivity index (χ1v) is 8.46. The zero-order valence-electron chi connectivity index (χ0n) is 14.7. The van der Waals surface area contributed by atoms with Crippen LogP contribution in [0.4, 0.5) is 0 Å². The Hall–Kier alpha value is -1.81. The Labute approximate surface area is 149 Å². The van der Waals surface area contributed by atoms with Crippen LogP contribution in [0.25, 0.3) is 0 Å². The molecule has 0 heterocycles. The molecule has 0 saturated heterocycles. The molecule has 0 spiro atoms. The first-order chi connectivity index (χ1) is 11.3. The van der Waals surface area contributed by atoms with Crippen molar-refractivity contribution in [2.75, 3.05) is 20.7 Å². The summed E-state index contributed by atoms with van der Waals surface area (Å²) in [5.74, 6) is -0.200. The number of hydrogen-bond acceptors (Lipinski definition) is 4. The van der Waals surface area contributed by atoms with Crippen molar-refractivity contribution in [1.29, 1.82) is 0 Å². The quantitative estimate of drug-likeness (QED) is 0.428. The van der Waals surface area contributed by atoms with Crippen LogP contribution in [0.2, 0.25) is 0 Å². The molecule has 2 rings (SSSR count). The van der Waals surface area contributed by atoms with Gasteiger partial charge in [0.15, 0.2) is 0 Å². The fourth-order valence-corrected chi connectivity index (χ4v) is 3.00. The second kappa shape index (κ2) is 7.84. The van der Waals surface area contributed by atoms with Gasteiger partial charge < -0.3 is 9.75 Å². The summed E-state index contributed by atoms with van der Waals surface area (Å²) >= 11 is 6.21. The van der Waals surface area contributed by atoms with E-state index < -0.39 is 0 Å². The number of carbonyl (C=O) groups excluding carboxylic acids is 1. The summed E-state index contributed by atoms with van der Waals surface area (Å²) in [5, 5.41) is 6.64. The highest BCUT2D eigenvalue weighted by molar-refractivity contribution is 6.29. The number of allylic oxidation sites excluding steroid dienone is 1. The van der Waals surface area contributed by atoms with Crippen LogP contribution in [-0.4, -0.2) is 37.9 Å². The maximum absolute atomic E-state index is 12.2. The zero-order chi connectivity index (χ0) is 17.7. The summed E-state index contributed by atoms with van der Waals surface area (Å²) in [5.41, 5.74) is 1.03. The average molecular weight is 349 g/mol. The van der Waals surface area contributed by atoms with Gasteiger partial charge in [0, 0.05) is 37.7 Å². The first kappa shape index (κ1) is 18.5. The minimum Gasteiger partial charge on any atom is -0.461 e. The lowest BCUT2D eigenvalue weighted by atomic mass is 10.1. The Morgan fingerprint density at radius 1 is 1.33 bits per heavy atom. The molecule has 0 N–H and O–H groups in total. The van der Waals surface area contributed by atoms with Gasteiger partial charge in [-0.05, 0) is 17.1 Å². The van der Waals surface area contributed by atoms with Crippen molar-refractivity contribution in [3.05, 3.63) is 47.0 Å². The summed E-state index contributed by atoms with van der Waals surface area (Å²) in [6.07, 6.45) is 4.24. The van der Waals surface area contributed by atoms with Crippen molar-refractivity contribution >= 4 is 23.8 Å². The number of nitrogens with zero attached hydrogens (tertiary/aromatic N) is 2. The molecule has 1 aliphatic rings. The monoisotopic (exact) mass is 348 g/mol. The minimum atomic E-state index is -0.185. The summed E-state index contributed by atoms with van der Waals surface area (Å²) in [4.78, 5) is 12.2. The van der Waals surface area contributed by atoms with Gasteiger partial charge in [-0.15, -0.1) is 0 Å². The van der Waals surface area contributed by atoms with Gasteiger partial charge >= 0.3 is 5.97 Å². The predicted molar refractivity (Wildman–Crippen MR) is 98.0 cm³/mol. The van der Waals surface area contributed by atoms with E-state index in [1.54, 1.807) is 11.1 Å². The number of esters is 1. The fraction of sp³-hybridized carbons (Fsp3) is 0.474. The largest absolute Gasteiger partial charge is 0.461 e. The predicted octanol–water partition coefficient (Wildman–Crippen LogP) is 3.71. The molecule has 0 aliphatic heterocycles. The zero-order valence-corrected chi connectivity index (χ0v) is 15.5. The molecule has 0 aromatic heterocycles. The van der Waals surface area contributed by atoms with Gasteiger partial charge in [-0.25, -0.2) is 0 Å².